The van der Waals surface area contributed by atoms with E-state index < -0.39 is 0 Å². The van der Waals surface area contributed by atoms with Gasteiger partial charge in [0.05, 0.1) is 25.2 Å². The fraction of sp³-hybridized carbons (Fsp3) is 0.357. The molecule has 0 saturated heterocycles. The van der Waals surface area contributed by atoms with E-state index in [1.807, 2.05) is 12.1 Å². The minimum atomic E-state index is 0.573. The van der Waals surface area contributed by atoms with Gasteiger partial charge in [0.2, 0.25) is 0 Å². The van der Waals surface area contributed by atoms with E-state index >= 15 is 0 Å². The molecule has 5 nitrogen and oxygen atoms in total. The number of anilines is 2. The molecule has 0 aliphatic carbocycles. The zero-order valence-electron chi connectivity index (χ0n) is 11.4. The standard InChI is InChI=1S/C14H18N4O/c1-10(2)7-11-8-17-13(9-16-11)18-14-12(19-3)5-4-6-15-14/h4-6,8-10H,7H2,1-3H3,(H,15,17,18). The molecule has 19 heavy (non-hydrogen) atoms. The molecule has 0 atom stereocenters. The third-order valence-corrected chi connectivity index (χ3v) is 2.56. The van der Waals surface area contributed by atoms with Crippen molar-refractivity contribution in [1.82, 2.24) is 15.0 Å². The Morgan fingerprint density at radius 1 is 1.21 bits per heavy atom. The Morgan fingerprint density at radius 3 is 2.68 bits per heavy atom. The van der Waals surface area contributed by atoms with Crippen LogP contribution in [-0.2, 0) is 6.42 Å². The van der Waals surface area contributed by atoms with Crippen LogP contribution in [0.5, 0.6) is 5.75 Å². The maximum absolute atomic E-state index is 5.22. The summed E-state index contributed by atoms with van der Waals surface area (Å²) < 4.78 is 5.22. The number of rotatable bonds is 5. The molecular weight excluding hydrogens is 240 g/mol. The summed E-state index contributed by atoms with van der Waals surface area (Å²) in [7, 11) is 1.61. The predicted molar refractivity (Wildman–Crippen MR) is 74.6 cm³/mol. The number of hydrogen-bond donors (Lipinski definition) is 1. The second-order valence-electron chi connectivity index (χ2n) is 4.67. The van der Waals surface area contributed by atoms with Gasteiger partial charge in [-0.1, -0.05) is 13.8 Å². The maximum atomic E-state index is 5.22. The van der Waals surface area contributed by atoms with Crippen molar-refractivity contribution in [1.29, 1.82) is 0 Å². The second kappa shape index (κ2) is 6.13. The summed E-state index contributed by atoms with van der Waals surface area (Å²) in [6.45, 7) is 4.32. The molecular formula is C14H18N4O. The lowest BCUT2D eigenvalue weighted by molar-refractivity contribution is 0.415. The molecule has 0 aliphatic heterocycles. The van der Waals surface area contributed by atoms with Crippen LogP contribution in [0.25, 0.3) is 0 Å². The average molecular weight is 258 g/mol. The highest BCUT2D eigenvalue weighted by Crippen LogP contribution is 2.23. The maximum Gasteiger partial charge on any atom is 0.174 e. The highest BCUT2D eigenvalue weighted by molar-refractivity contribution is 5.58. The molecule has 0 spiro atoms. The Morgan fingerprint density at radius 2 is 2.05 bits per heavy atom. The van der Waals surface area contributed by atoms with Gasteiger partial charge in [-0.25, -0.2) is 9.97 Å². The fourth-order valence-corrected chi connectivity index (χ4v) is 1.71. The number of methoxy groups -OCH3 is 1. The van der Waals surface area contributed by atoms with Gasteiger partial charge in [-0.15, -0.1) is 0 Å². The molecule has 0 aliphatic rings. The zero-order chi connectivity index (χ0) is 13.7. The molecule has 2 heterocycles. The molecule has 1 N–H and O–H groups in total. The van der Waals surface area contributed by atoms with Crippen molar-refractivity contribution in [2.45, 2.75) is 20.3 Å². The van der Waals surface area contributed by atoms with Crippen molar-refractivity contribution in [3.8, 4) is 5.75 Å². The molecule has 2 rings (SSSR count). The molecule has 0 radical (unpaired) electrons. The second-order valence-corrected chi connectivity index (χ2v) is 4.67. The number of ether oxygens (including phenoxy) is 1. The van der Waals surface area contributed by atoms with E-state index in [9.17, 15) is 0 Å². The smallest absolute Gasteiger partial charge is 0.174 e. The van der Waals surface area contributed by atoms with E-state index in [0.29, 0.717) is 23.3 Å². The van der Waals surface area contributed by atoms with Crippen LogP contribution in [0.4, 0.5) is 11.6 Å². The lowest BCUT2D eigenvalue weighted by atomic mass is 10.1. The van der Waals surface area contributed by atoms with Gasteiger partial charge in [-0.05, 0) is 24.5 Å². The molecule has 2 aromatic rings. The first-order valence-electron chi connectivity index (χ1n) is 6.26. The van der Waals surface area contributed by atoms with Crippen LogP contribution in [0.15, 0.2) is 30.7 Å². The Kier molecular flexibility index (Phi) is 4.28. The van der Waals surface area contributed by atoms with Crippen molar-refractivity contribution in [3.63, 3.8) is 0 Å². The van der Waals surface area contributed by atoms with Crippen LogP contribution in [-0.4, -0.2) is 22.1 Å². The van der Waals surface area contributed by atoms with Gasteiger partial charge in [0, 0.05) is 6.20 Å². The lowest BCUT2D eigenvalue weighted by Gasteiger charge is -2.09. The normalized spacial score (nSPS) is 10.5. The van der Waals surface area contributed by atoms with Crippen molar-refractivity contribution in [2.24, 2.45) is 5.92 Å². The summed E-state index contributed by atoms with van der Waals surface area (Å²) in [5.74, 6) is 2.54. The van der Waals surface area contributed by atoms with Crippen molar-refractivity contribution in [2.75, 3.05) is 12.4 Å². The topological polar surface area (TPSA) is 59.9 Å². The fourth-order valence-electron chi connectivity index (χ4n) is 1.71. The highest BCUT2D eigenvalue weighted by Gasteiger charge is 2.05. The van der Waals surface area contributed by atoms with E-state index in [-0.39, 0.29) is 0 Å². The summed E-state index contributed by atoms with van der Waals surface area (Å²) in [5.41, 5.74) is 0.994. The monoisotopic (exact) mass is 258 g/mol. The van der Waals surface area contributed by atoms with E-state index in [0.717, 1.165) is 12.1 Å². The number of aromatic nitrogens is 3. The molecule has 0 unspecified atom stereocenters. The third-order valence-electron chi connectivity index (χ3n) is 2.56. The van der Waals surface area contributed by atoms with Crippen LogP contribution in [0.3, 0.4) is 0 Å². The summed E-state index contributed by atoms with van der Waals surface area (Å²) in [4.78, 5) is 12.9. The van der Waals surface area contributed by atoms with Gasteiger partial charge < -0.3 is 10.1 Å². The van der Waals surface area contributed by atoms with E-state index in [1.54, 1.807) is 25.7 Å². The largest absolute Gasteiger partial charge is 0.493 e. The lowest BCUT2D eigenvalue weighted by Crippen LogP contribution is -2.02. The number of nitrogens with one attached hydrogen (secondary N) is 1. The van der Waals surface area contributed by atoms with Gasteiger partial charge in [0.1, 0.15) is 5.82 Å². The predicted octanol–water partition coefficient (Wildman–Crippen LogP) is 2.82. The van der Waals surface area contributed by atoms with E-state index in [4.69, 9.17) is 4.74 Å². The Hall–Kier alpha value is -2.17. The van der Waals surface area contributed by atoms with Crippen LogP contribution < -0.4 is 10.1 Å². The third kappa shape index (κ3) is 3.64. The summed E-state index contributed by atoms with van der Waals surface area (Å²) >= 11 is 0. The molecule has 0 fully saturated rings. The Bertz CT molecular complexity index is 525. The summed E-state index contributed by atoms with van der Waals surface area (Å²) in [6, 6.07) is 3.66. The summed E-state index contributed by atoms with van der Waals surface area (Å²) in [6.07, 6.45) is 6.13. The average Bonchev–Trinajstić information content (AvgIpc) is 2.41. The first kappa shape index (κ1) is 13.3. The molecule has 0 saturated carbocycles. The quantitative estimate of drug-likeness (QED) is 0.893. The van der Waals surface area contributed by atoms with Crippen molar-refractivity contribution < 1.29 is 4.74 Å². The first-order valence-corrected chi connectivity index (χ1v) is 6.26. The number of nitrogens with zero attached hydrogens (tertiary/aromatic N) is 3. The summed E-state index contributed by atoms with van der Waals surface area (Å²) in [5, 5.41) is 3.09. The zero-order valence-corrected chi connectivity index (χ0v) is 11.4. The molecule has 2 aromatic heterocycles. The van der Waals surface area contributed by atoms with Gasteiger partial charge >= 0.3 is 0 Å². The molecule has 0 aromatic carbocycles. The minimum Gasteiger partial charge on any atom is -0.493 e. The first-order chi connectivity index (χ1) is 9.19. The Balaban J connectivity index is 2.11. The van der Waals surface area contributed by atoms with Crippen LogP contribution in [0, 0.1) is 5.92 Å². The van der Waals surface area contributed by atoms with E-state index in [2.05, 4.69) is 34.1 Å². The van der Waals surface area contributed by atoms with Gasteiger partial charge in [0.25, 0.3) is 0 Å². The minimum absolute atomic E-state index is 0.573. The number of pyridine rings is 1. The van der Waals surface area contributed by atoms with Crippen LogP contribution >= 0.6 is 0 Å². The van der Waals surface area contributed by atoms with Gasteiger partial charge in [-0.2, -0.15) is 0 Å². The molecule has 0 bridgehead atoms. The van der Waals surface area contributed by atoms with Crippen LogP contribution in [0.2, 0.25) is 0 Å². The van der Waals surface area contributed by atoms with Crippen LogP contribution in [0.1, 0.15) is 19.5 Å². The van der Waals surface area contributed by atoms with E-state index in [1.165, 1.54) is 0 Å². The number of hydrogen-bond acceptors (Lipinski definition) is 5. The van der Waals surface area contributed by atoms with Crippen molar-refractivity contribution in [3.05, 3.63) is 36.4 Å². The van der Waals surface area contributed by atoms with Gasteiger partial charge in [0.15, 0.2) is 11.6 Å². The van der Waals surface area contributed by atoms with Gasteiger partial charge in [-0.3, -0.25) is 4.98 Å². The molecule has 100 valence electrons. The molecule has 5 heteroatoms. The molecule has 0 amide bonds. The highest BCUT2D eigenvalue weighted by atomic mass is 16.5. The van der Waals surface area contributed by atoms with Crippen molar-refractivity contribution >= 4 is 11.6 Å². The SMILES string of the molecule is COc1cccnc1Nc1cnc(CC(C)C)cn1. The Labute approximate surface area is 113 Å².